The number of piperidine rings is 1. The Balaban J connectivity index is 1.75. The normalized spacial score (nSPS) is 19.2. The van der Waals surface area contributed by atoms with E-state index < -0.39 is 0 Å². The average molecular weight is 259 g/mol. The van der Waals surface area contributed by atoms with Gasteiger partial charge >= 0.3 is 0 Å². The summed E-state index contributed by atoms with van der Waals surface area (Å²) in [7, 11) is 0. The van der Waals surface area contributed by atoms with Crippen LogP contribution in [0.25, 0.3) is 5.52 Å². The van der Waals surface area contributed by atoms with Crippen LogP contribution >= 0.6 is 0 Å². The van der Waals surface area contributed by atoms with Crippen molar-refractivity contribution < 1.29 is 9.59 Å². The maximum absolute atomic E-state index is 12.2. The van der Waals surface area contributed by atoms with Crippen LogP contribution in [0.5, 0.6) is 0 Å². The summed E-state index contributed by atoms with van der Waals surface area (Å²) in [5, 5.41) is 9.72. The molecule has 0 saturated carbocycles. The van der Waals surface area contributed by atoms with Crippen molar-refractivity contribution in [2.75, 3.05) is 6.54 Å². The van der Waals surface area contributed by atoms with Gasteiger partial charge in [-0.05, 0) is 6.42 Å². The highest BCUT2D eigenvalue weighted by Crippen LogP contribution is 2.10. The molecule has 1 fully saturated rings. The van der Waals surface area contributed by atoms with Gasteiger partial charge in [-0.3, -0.25) is 14.6 Å². The Morgan fingerprint density at radius 2 is 2.37 bits per heavy atom. The monoisotopic (exact) mass is 259 g/mol. The highest BCUT2D eigenvalue weighted by molar-refractivity contribution is 6.00. The quantitative estimate of drug-likeness (QED) is 0.777. The van der Waals surface area contributed by atoms with E-state index >= 15 is 0 Å². The van der Waals surface area contributed by atoms with E-state index in [-0.39, 0.29) is 17.9 Å². The van der Waals surface area contributed by atoms with Gasteiger partial charge in [0.05, 0.1) is 23.5 Å². The predicted molar refractivity (Wildman–Crippen MR) is 66.5 cm³/mol. The second-order valence-electron chi connectivity index (χ2n) is 4.48. The highest BCUT2D eigenvalue weighted by atomic mass is 16.2. The van der Waals surface area contributed by atoms with Crippen LogP contribution < -0.4 is 10.6 Å². The van der Waals surface area contributed by atoms with E-state index in [2.05, 4.69) is 20.7 Å². The predicted octanol–water partition coefficient (Wildman–Crippen LogP) is -0.262. The van der Waals surface area contributed by atoms with Crippen LogP contribution in [0.1, 0.15) is 23.2 Å². The molecule has 3 heterocycles. The van der Waals surface area contributed by atoms with Crippen molar-refractivity contribution in [1.82, 2.24) is 25.2 Å². The smallest absolute Gasteiger partial charge is 0.255 e. The van der Waals surface area contributed by atoms with E-state index in [1.165, 1.54) is 6.20 Å². The maximum atomic E-state index is 12.2. The van der Waals surface area contributed by atoms with Crippen LogP contribution in [-0.2, 0) is 4.79 Å². The number of carbonyl (C=O) groups excluding carboxylic acids is 2. The molecule has 2 amide bonds. The minimum Gasteiger partial charge on any atom is -0.354 e. The molecule has 2 aromatic rings. The first kappa shape index (κ1) is 11.6. The number of amides is 2. The Morgan fingerprint density at radius 3 is 3.16 bits per heavy atom. The molecule has 0 spiro atoms. The van der Waals surface area contributed by atoms with Gasteiger partial charge in [0.15, 0.2) is 0 Å². The van der Waals surface area contributed by atoms with Crippen LogP contribution in [0.2, 0.25) is 0 Å². The number of aromatic nitrogens is 3. The van der Waals surface area contributed by atoms with Gasteiger partial charge in [-0.25, -0.2) is 4.52 Å². The number of hydrogen-bond acceptors (Lipinski definition) is 4. The number of nitrogens with zero attached hydrogens (tertiary/aromatic N) is 3. The summed E-state index contributed by atoms with van der Waals surface area (Å²) < 4.78 is 1.60. The molecule has 2 aromatic heterocycles. The lowest BCUT2D eigenvalue weighted by molar-refractivity contribution is -0.122. The standard InChI is InChI=1S/C12H13N5O2/c18-11-2-1-8(5-14-11)16-12(19)9-6-15-17-4-3-13-7-10(9)17/h3-4,6-8H,1-2,5H2,(H,14,18)(H,16,19). The summed E-state index contributed by atoms with van der Waals surface area (Å²) in [6.45, 7) is 0.474. The Bertz CT molecular complexity index is 626. The summed E-state index contributed by atoms with van der Waals surface area (Å²) in [6.07, 6.45) is 7.53. The van der Waals surface area contributed by atoms with Gasteiger partial charge in [-0.15, -0.1) is 0 Å². The van der Waals surface area contributed by atoms with Gasteiger partial charge in [0.1, 0.15) is 0 Å². The summed E-state index contributed by atoms with van der Waals surface area (Å²) in [6, 6.07) is -0.0307. The van der Waals surface area contributed by atoms with Crippen LogP contribution in [0, 0.1) is 0 Å². The molecule has 19 heavy (non-hydrogen) atoms. The lowest BCUT2D eigenvalue weighted by Crippen LogP contribution is -2.47. The molecule has 1 atom stereocenters. The summed E-state index contributed by atoms with van der Waals surface area (Å²) in [4.78, 5) is 27.2. The van der Waals surface area contributed by atoms with E-state index in [1.54, 1.807) is 23.1 Å². The lowest BCUT2D eigenvalue weighted by atomic mass is 10.1. The van der Waals surface area contributed by atoms with E-state index in [0.29, 0.717) is 30.5 Å². The fraction of sp³-hybridized carbons (Fsp3) is 0.333. The molecule has 1 unspecified atom stereocenters. The minimum atomic E-state index is -0.191. The SMILES string of the molecule is O=C1CCC(NC(=O)c2cnn3ccncc23)CN1. The van der Waals surface area contributed by atoms with Crippen molar-refractivity contribution >= 4 is 17.3 Å². The third-order valence-corrected chi connectivity index (χ3v) is 3.17. The molecule has 1 saturated heterocycles. The Labute approximate surface area is 109 Å². The molecule has 1 aliphatic heterocycles. The third kappa shape index (κ3) is 2.26. The molecule has 0 aliphatic carbocycles. The Hall–Kier alpha value is -2.44. The molecule has 1 aliphatic rings. The van der Waals surface area contributed by atoms with Crippen molar-refractivity contribution in [3.63, 3.8) is 0 Å². The molecule has 3 rings (SSSR count). The van der Waals surface area contributed by atoms with E-state index in [0.717, 1.165) is 0 Å². The van der Waals surface area contributed by atoms with E-state index in [4.69, 9.17) is 0 Å². The summed E-state index contributed by atoms with van der Waals surface area (Å²) >= 11 is 0. The fourth-order valence-corrected chi connectivity index (χ4v) is 2.13. The number of hydrogen-bond donors (Lipinski definition) is 2. The molecule has 0 aromatic carbocycles. The molecule has 2 N–H and O–H groups in total. The molecule has 7 nitrogen and oxygen atoms in total. The van der Waals surface area contributed by atoms with Crippen LogP contribution in [0.3, 0.4) is 0 Å². The number of fused-ring (bicyclic) bond motifs is 1. The highest BCUT2D eigenvalue weighted by Gasteiger charge is 2.21. The maximum Gasteiger partial charge on any atom is 0.255 e. The van der Waals surface area contributed by atoms with Gasteiger partial charge < -0.3 is 10.6 Å². The first-order valence-electron chi connectivity index (χ1n) is 6.09. The average Bonchev–Trinajstić information content (AvgIpc) is 2.85. The third-order valence-electron chi connectivity index (χ3n) is 3.17. The van der Waals surface area contributed by atoms with Crippen LogP contribution in [0.15, 0.2) is 24.8 Å². The molecular formula is C12H13N5O2. The number of carbonyl (C=O) groups is 2. The molecule has 0 bridgehead atoms. The van der Waals surface area contributed by atoms with Gasteiger partial charge in [0.25, 0.3) is 5.91 Å². The molecular weight excluding hydrogens is 246 g/mol. The molecule has 7 heteroatoms. The van der Waals surface area contributed by atoms with Crippen molar-refractivity contribution in [3.8, 4) is 0 Å². The van der Waals surface area contributed by atoms with Gasteiger partial charge in [0, 0.05) is 31.4 Å². The van der Waals surface area contributed by atoms with E-state index in [1.807, 2.05) is 0 Å². The number of rotatable bonds is 2. The van der Waals surface area contributed by atoms with Gasteiger partial charge in [-0.1, -0.05) is 0 Å². The minimum absolute atomic E-state index is 0.0307. The second kappa shape index (κ2) is 4.68. The van der Waals surface area contributed by atoms with Crippen LogP contribution in [-0.4, -0.2) is 39.0 Å². The van der Waals surface area contributed by atoms with Crippen molar-refractivity contribution in [2.24, 2.45) is 0 Å². The Kier molecular flexibility index (Phi) is 2.86. The zero-order valence-corrected chi connectivity index (χ0v) is 10.2. The Morgan fingerprint density at radius 1 is 1.47 bits per heavy atom. The van der Waals surface area contributed by atoms with Crippen molar-refractivity contribution in [2.45, 2.75) is 18.9 Å². The van der Waals surface area contributed by atoms with E-state index in [9.17, 15) is 9.59 Å². The van der Waals surface area contributed by atoms with Gasteiger partial charge in [0.2, 0.25) is 5.91 Å². The van der Waals surface area contributed by atoms with Gasteiger partial charge in [-0.2, -0.15) is 5.10 Å². The van der Waals surface area contributed by atoms with Crippen molar-refractivity contribution in [3.05, 3.63) is 30.4 Å². The molecule has 98 valence electrons. The summed E-state index contributed by atoms with van der Waals surface area (Å²) in [5.41, 5.74) is 1.16. The first-order chi connectivity index (χ1) is 9.24. The largest absolute Gasteiger partial charge is 0.354 e. The van der Waals surface area contributed by atoms with Crippen molar-refractivity contribution in [1.29, 1.82) is 0 Å². The number of nitrogens with one attached hydrogen (secondary N) is 2. The zero-order valence-electron chi connectivity index (χ0n) is 10.2. The second-order valence-corrected chi connectivity index (χ2v) is 4.48. The first-order valence-corrected chi connectivity index (χ1v) is 6.09. The van der Waals surface area contributed by atoms with Crippen LogP contribution in [0.4, 0.5) is 0 Å². The molecule has 0 radical (unpaired) electrons. The lowest BCUT2D eigenvalue weighted by Gasteiger charge is -2.23. The topological polar surface area (TPSA) is 88.4 Å². The zero-order chi connectivity index (χ0) is 13.2. The summed E-state index contributed by atoms with van der Waals surface area (Å²) in [5.74, 6) is -0.158. The fourth-order valence-electron chi connectivity index (χ4n) is 2.13.